The SMILES string of the molecule is O[C@@H]1CCN([C@H]2Cc3c(Cl)cc(Cl)cc3[C@H]2Oc2ccc(F)cc2-c2ccn[nH]2)C1. The minimum absolute atomic E-state index is 0.00668. The van der Waals surface area contributed by atoms with Crippen molar-refractivity contribution in [1.29, 1.82) is 0 Å². The Bertz CT molecular complexity index is 1080. The molecule has 0 bridgehead atoms. The molecule has 1 aromatic heterocycles. The molecular weight excluding hydrogens is 428 g/mol. The van der Waals surface area contributed by atoms with Crippen molar-refractivity contribution in [3.05, 3.63) is 69.6 Å². The number of aliphatic hydroxyl groups is 1. The summed E-state index contributed by atoms with van der Waals surface area (Å²) in [5.74, 6) is 0.184. The summed E-state index contributed by atoms with van der Waals surface area (Å²) in [6.45, 7) is 1.36. The van der Waals surface area contributed by atoms with Crippen LogP contribution in [-0.2, 0) is 6.42 Å². The summed E-state index contributed by atoms with van der Waals surface area (Å²) in [5.41, 5.74) is 3.19. The Balaban J connectivity index is 1.56. The molecule has 8 heteroatoms. The normalized spacial score (nSPS) is 23.7. The summed E-state index contributed by atoms with van der Waals surface area (Å²) in [7, 11) is 0. The van der Waals surface area contributed by atoms with Crippen LogP contribution in [0.4, 0.5) is 4.39 Å². The lowest BCUT2D eigenvalue weighted by molar-refractivity contribution is 0.0821. The molecule has 5 nitrogen and oxygen atoms in total. The number of hydrogen-bond donors (Lipinski definition) is 2. The van der Waals surface area contributed by atoms with Crippen molar-refractivity contribution in [2.75, 3.05) is 13.1 Å². The number of halogens is 3. The maximum atomic E-state index is 14.0. The minimum atomic E-state index is -0.357. The Morgan fingerprint density at radius 3 is 2.80 bits per heavy atom. The van der Waals surface area contributed by atoms with E-state index in [-0.39, 0.29) is 24.1 Å². The van der Waals surface area contributed by atoms with Gasteiger partial charge in [0, 0.05) is 40.5 Å². The second kappa shape index (κ2) is 7.85. The van der Waals surface area contributed by atoms with Crippen LogP contribution < -0.4 is 4.74 Å². The highest BCUT2D eigenvalue weighted by Gasteiger charge is 2.42. The maximum absolute atomic E-state index is 14.0. The fourth-order valence-electron chi connectivity index (χ4n) is 4.51. The van der Waals surface area contributed by atoms with Gasteiger partial charge in [-0.25, -0.2) is 4.39 Å². The highest BCUT2D eigenvalue weighted by Crippen LogP contribution is 2.44. The lowest BCUT2D eigenvalue weighted by Gasteiger charge is -2.30. The van der Waals surface area contributed by atoms with Crippen LogP contribution in [0.1, 0.15) is 23.7 Å². The Labute approximate surface area is 183 Å². The molecule has 1 aliphatic carbocycles. The van der Waals surface area contributed by atoms with E-state index in [1.165, 1.54) is 12.1 Å². The van der Waals surface area contributed by atoms with Crippen molar-refractivity contribution in [1.82, 2.24) is 15.1 Å². The molecule has 156 valence electrons. The fraction of sp³-hybridized carbons (Fsp3) is 0.318. The zero-order chi connectivity index (χ0) is 20.8. The van der Waals surface area contributed by atoms with Crippen molar-refractivity contribution in [2.45, 2.75) is 31.1 Å². The second-order valence-corrected chi connectivity index (χ2v) is 8.66. The lowest BCUT2D eigenvalue weighted by atomic mass is 10.1. The number of hydrogen-bond acceptors (Lipinski definition) is 4. The molecule has 1 aliphatic heterocycles. The monoisotopic (exact) mass is 447 g/mol. The van der Waals surface area contributed by atoms with Crippen LogP contribution >= 0.6 is 23.2 Å². The van der Waals surface area contributed by atoms with E-state index in [1.54, 1.807) is 24.4 Å². The van der Waals surface area contributed by atoms with Gasteiger partial charge in [-0.1, -0.05) is 23.2 Å². The molecule has 2 aromatic carbocycles. The number of ether oxygens (including phenoxy) is 1. The molecule has 1 fully saturated rings. The molecule has 0 amide bonds. The van der Waals surface area contributed by atoms with Gasteiger partial charge in [0.1, 0.15) is 17.7 Å². The highest BCUT2D eigenvalue weighted by molar-refractivity contribution is 6.35. The van der Waals surface area contributed by atoms with E-state index in [0.29, 0.717) is 40.0 Å². The first kappa shape index (κ1) is 19.8. The molecule has 1 saturated heterocycles. The van der Waals surface area contributed by atoms with E-state index >= 15 is 0 Å². The number of fused-ring (bicyclic) bond motifs is 1. The van der Waals surface area contributed by atoms with E-state index in [2.05, 4.69) is 15.1 Å². The van der Waals surface area contributed by atoms with Gasteiger partial charge in [0.25, 0.3) is 0 Å². The largest absolute Gasteiger partial charge is 0.483 e. The molecule has 2 heterocycles. The van der Waals surface area contributed by atoms with Crippen LogP contribution in [0.25, 0.3) is 11.3 Å². The first-order valence-electron chi connectivity index (χ1n) is 9.85. The molecule has 2 N–H and O–H groups in total. The second-order valence-electron chi connectivity index (χ2n) is 7.81. The number of nitrogens with one attached hydrogen (secondary N) is 1. The fourth-order valence-corrected chi connectivity index (χ4v) is 5.09. The van der Waals surface area contributed by atoms with Gasteiger partial charge in [-0.15, -0.1) is 0 Å². The summed E-state index contributed by atoms with van der Waals surface area (Å²) in [5, 5.41) is 18.1. The van der Waals surface area contributed by atoms with Crippen LogP contribution in [-0.4, -0.2) is 45.4 Å². The van der Waals surface area contributed by atoms with Crippen LogP contribution in [0.3, 0.4) is 0 Å². The predicted molar refractivity (Wildman–Crippen MR) is 114 cm³/mol. The maximum Gasteiger partial charge on any atom is 0.140 e. The number of aliphatic hydroxyl groups excluding tert-OH is 1. The molecule has 3 aromatic rings. The molecule has 30 heavy (non-hydrogen) atoms. The third-order valence-corrected chi connectivity index (χ3v) is 6.47. The Hall–Kier alpha value is -2.12. The molecule has 3 atom stereocenters. The standard InChI is InChI=1S/C22H20Cl2FN3O2/c23-12-7-16-15(18(24)8-12)10-20(28-6-4-14(29)11-28)22(16)30-21-2-1-13(25)9-17(21)19-3-5-26-27-19/h1-3,5,7-9,14,20,22,29H,4,6,10-11H2,(H,26,27)/t14-,20+,22-/m1/s1. The predicted octanol–water partition coefficient (Wildman–Crippen LogP) is 4.63. The molecular formula is C22H20Cl2FN3O2. The average molecular weight is 448 g/mol. The summed E-state index contributed by atoms with van der Waals surface area (Å²) >= 11 is 12.8. The zero-order valence-corrected chi connectivity index (χ0v) is 17.5. The highest BCUT2D eigenvalue weighted by atomic mass is 35.5. The van der Waals surface area contributed by atoms with Gasteiger partial charge in [-0.3, -0.25) is 10.00 Å². The van der Waals surface area contributed by atoms with Crippen molar-refractivity contribution in [3.63, 3.8) is 0 Å². The van der Waals surface area contributed by atoms with Crippen molar-refractivity contribution in [3.8, 4) is 17.0 Å². The van der Waals surface area contributed by atoms with Gasteiger partial charge >= 0.3 is 0 Å². The quantitative estimate of drug-likeness (QED) is 0.611. The number of likely N-dealkylation sites (tertiary alicyclic amines) is 1. The number of aromatic nitrogens is 2. The summed E-state index contributed by atoms with van der Waals surface area (Å²) in [6, 6.07) is 9.83. The topological polar surface area (TPSA) is 61.4 Å². The molecule has 0 spiro atoms. The average Bonchev–Trinajstić information content (AvgIpc) is 3.44. The molecule has 5 rings (SSSR count). The van der Waals surface area contributed by atoms with Gasteiger partial charge in [0.15, 0.2) is 0 Å². The Kier molecular flexibility index (Phi) is 5.19. The Morgan fingerprint density at radius 1 is 1.20 bits per heavy atom. The van der Waals surface area contributed by atoms with Crippen LogP contribution in [0.2, 0.25) is 10.0 Å². The van der Waals surface area contributed by atoms with Gasteiger partial charge in [-0.2, -0.15) is 5.10 Å². The number of benzene rings is 2. The van der Waals surface area contributed by atoms with Crippen LogP contribution in [0, 0.1) is 5.82 Å². The number of β-amino-alcohol motifs (C(OH)–C–C–N with tert-alkyl or cyclic N) is 1. The van der Waals surface area contributed by atoms with Crippen LogP contribution in [0.15, 0.2) is 42.6 Å². The number of aromatic amines is 1. The smallest absolute Gasteiger partial charge is 0.140 e. The molecule has 0 unspecified atom stereocenters. The minimum Gasteiger partial charge on any atom is -0.483 e. The first-order valence-corrected chi connectivity index (χ1v) is 10.6. The first-order chi connectivity index (χ1) is 14.5. The van der Waals surface area contributed by atoms with Crippen molar-refractivity contribution < 1.29 is 14.2 Å². The third kappa shape index (κ3) is 3.58. The van der Waals surface area contributed by atoms with E-state index < -0.39 is 0 Å². The van der Waals surface area contributed by atoms with Crippen molar-refractivity contribution >= 4 is 23.2 Å². The zero-order valence-electron chi connectivity index (χ0n) is 16.0. The van der Waals surface area contributed by atoms with Gasteiger partial charge < -0.3 is 9.84 Å². The summed E-state index contributed by atoms with van der Waals surface area (Å²) < 4.78 is 20.5. The molecule has 0 saturated carbocycles. The summed E-state index contributed by atoms with van der Waals surface area (Å²) in [6.07, 6.45) is 2.34. The van der Waals surface area contributed by atoms with E-state index in [4.69, 9.17) is 27.9 Å². The van der Waals surface area contributed by atoms with Gasteiger partial charge in [0.05, 0.1) is 17.8 Å². The number of nitrogens with zero attached hydrogens (tertiary/aromatic N) is 2. The lowest BCUT2D eigenvalue weighted by Crippen LogP contribution is -2.39. The van der Waals surface area contributed by atoms with Gasteiger partial charge in [-0.05, 0) is 54.8 Å². The van der Waals surface area contributed by atoms with E-state index in [9.17, 15) is 9.50 Å². The molecule has 0 radical (unpaired) electrons. The third-order valence-electron chi connectivity index (χ3n) is 5.91. The van der Waals surface area contributed by atoms with E-state index in [1.807, 2.05) is 6.07 Å². The van der Waals surface area contributed by atoms with Crippen molar-refractivity contribution in [2.24, 2.45) is 0 Å². The number of rotatable bonds is 4. The Morgan fingerprint density at radius 2 is 2.07 bits per heavy atom. The number of H-pyrrole nitrogens is 1. The van der Waals surface area contributed by atoms with E-state index in [0.717, 1.165) is 24.1 Å². The van der Waals surface area contributed by atoms with Gasteiger partial charge in [0.2, 0.25) is 0 Å². The van der Waals surface area contributed by atoms with Crippen LogP contribution in [0.5, 0.6) is 5.75 Å². The molecule has 2 aliphatic rings. The summed E-state index contributed by atoms with van der Waals surface area (Å²) in [4.78, 5) is 2.24.